The molecule has 0 unspecified atom stereocenters. The number of nitrogens with zero attached hydrogens (tertiary/aromatic N) is 5. The van der Waals surface area contributed by atoms with Gasteiger partial charge in [-0.3, -0.25) is 4.98 Å². The van der Waals surface area contributed by atoms with Gasteiger partial charge in [0.15, 0.2) is 11.5 Å². The van der Waals surface area contributed by atoms with E-state index in [-0.39, 0.29) is 18.9 Å². The topological polar surface area (TPSA) is 94.4 Å². The second-order valence-electron chi connectivity index (χ2n) is 7.04. The summed E-state index contributed by atoms with van der Waals surface area (Å²) in [6, 6.07) is 9.35. The molecule has 2 aromatic heterocycles. The van der Waals surface area contributed by atoms with Crippen LogP contribution >= 0.6 is 0 Å². The van der Waals surface area contributed by atoms with Crippen molar-refractivity contribution in [3.05, 3.63) is 48.9 Å². The lowest BCUT2D eigenvalue weighted by Crippen LogP contribution is -2.41. The van der Waals surface area contributed by atoms with E-state index in [1.165, 1.54) is 0 Å². The number of amides is 2. The number of carbonyl (C=O) groups is 1. The summed E-state index contributed by atoms with van der Waals surface area (Å²) in [5, 5.41) is 11.5. The molecule has 0 atom stereocenters. The zero-order valence-electron chi connectivity index (χ0n) is 15.7. The fourth-order valence-corrected chi connectivity index (χ4v) is 3.61. The predicted molar refractivity (Wildman–Crippen MR) is 105 cm³/mol. The van der Waals surface area contributed by atoms with Crippen molar-refractivity contribution < 1.29 is 14.3 Å². The number of pyridine rings is 1. The normalized spacial score (nSPS) is 16.1. The van der Waals surface area contributed by atoms with Gasteiger partial charge >= 0.3 is 6.03 Å². The summed E-state index contributed by atoms with van der Waals surface area (Å²) in [5.74, 6) is 1.35. The Morgan fingerprint density at radius 3 is 2.83 bits per heavy atom. The maximum atomic E-state index is 12.6. The number of urea groups is 1. The summed E-state index contributed by atoms with van der Waals surface area (Å²) in [4.78, 5) is 18.5. The minimum Gasteiger partial charge on any atom is -0.454 e. The first kappa shape index (κ1) is 17.5. The van der Waals surface area contributed by atoms with E-state index in [0.717, 1.165) is 24.1 Å². The van der Waals surface area contributed by atoms with Gasteiger partial charge in [-0.1, -0.05) is 5.21 Å². The van der Waals surface area contributed by atoms with E-state index in [9.17, 15) is 4.79 Å². The molecule has 0 saturated carbocycles. The fourth-order valence-electron chi connectivity index (χ4n) is 3.61. The number of hydrogen-bond acceptors (Lipinski definition) is 6. The van der Waals surface area contributed by atoms with Crippen molar-refractivity contribution in [2.75, 3.05) is 25.2 Å². The number of nitrogens with one attached hydrogen (secondary N) is 1. The van der Waals surface area contributed by atoms with Crippen molar-refractivity contribution in [2.45, 2.75) is 18.9 Å². The number of carbonyl (C=O) groups excluding carboxylic acids is 1. The molecule has 148 valence electrons. The van der Waals surface area contributed by atoms with Gasteiger partial charge in [-0.25, -0.2) is 9.48 Å². The maximum Gasteiger partial charge on any atom is 0.321 e. The van der Waals surface area contributed by atoms with Gasteiger partial charge in [0, 0.05) is 42.8 Å². The number of hydrogen-bond donors (Lipinski definition) is 1. The highest BCUT2D eigenvalue weighted by atomic mass is 16.7. The molecule has 9 heteroatoms. The van der Waals surface area contributed by atoms with Crippen molar-refractivity contribution >= 4 is 11.7 Å². The molecule has 9 nitrogen and oxygen atoms in total. The van der Waals surface area contributed by atoms with Crippen LogP contribution in [0.3, 0.4) is 0 Å². The summed E-state index contributed by atoms with van der Waals surface area (Å²) in [6.07, 6.45) is 7.11. The monoisotopic (exact) mass is 392 g/mol. The van der Waals surface area contributed by atoms with Gasteiger partial charge in [0.2, 0.25) is 6.79 Å². The van der Waals surface area contributed by atoms with E-state index in [4.69, 9.17) is 9.47 Å². The first-order valence-corrected chi connectivity index (χ1v) is 9.54. The number of fused-ring (bicyclic) bond motifs is 1. The quantitative estimate of drug-likeness (QED) is 0.736. The van der Waals surface area contributed by atoms with Crippen LogP contribution in [0.1, 0.15) is 18.9 Å². The highest BCUT2D eigenvalue weighted by Crippen LogP contribution is 2.34. The Kier molecular flexibility index (Phi) is 4.47. The van der Waals surface area contributed by atoms with Gasteiger partial charge in [-0.15, -0.1) is 5.10 Å². The first-order valence-electron chi connectivity index (χ1n) is 9.54. The Hall–Kier alpha value is -3.62. The molecule has 5 rings (SSSR count). The zero-order chi connectivity index (χ0) is 19.6. The van der Waals surface area contributed by atoms with Gasteiger partial charge in [0.25, 0.3) is 0 Å². The van der Waals surface area contributed by atoms with Crippen LogP contribution in [0.2, 0.25) is 0 Å². The minimum atomic E-state index is -0.114. The smallest absolute Gasteiger partial charge is 0.321 e. The second-order valence-corrected chi connectivity index (χ2v) is 7.04. The molecule has 0 radical (unpaired) electrons. The van der Waals surface area contributed by atoms with E-state index in [2.05, 4.69) is 20.6 Å². The molecule has 4 heterocycles. The third-order valence-corrected chi connectivity index (χ3v) is 5.22. The van der Waals surface area contributed by atoms with Gasteiger partial charge < -0.3 is 19.7 Å². The van der Waals surface area contributed by atoms with E-state index in [1.54, 1.807) is 24.5 Å². The molecular formula is C20H20N6O3. The lowest BCUT2D eigenvalue weighted by Gasteiger charge is -2.31. The van der Waals surface area contributed by atoms with Crippen LogP contribution in [0.4, 0.5) is 10.5 Å². The molecule has 3 aromatic rings. The van der Waals surface area contributed by atoms with Gasteiger partial charge in [-0.2, -0.15) is 0 Å². The number of aromatic nitrogens is 4. The number of rotatable bonds is 3. The Labute approximate surface area is 167 Å². The molecule has 1 fully saturated rings. The third kappa shape index (κ3) is 3.58. The SMILES string of the molecule is O=C(Nc1ccc2c(c1)OCO2)N1CCC(n2cc(-c3cccnc3)nn2)CC1. The summed E-state index contributed by atoms with van der Waals surface area (Å²) in [7, 11) is 0. The minimum absolute atomic E-state index is 0.114. The van der Waals surface area contributed by atoms with Crippen molar-refractivity contribution in [1.29, 1.82) is 0 Å². The Morgan fingerprint density at radius 2 is 2.00 bits per heavy atom. The lowest BCUT2D eigenvalue weighted by atomic mass is 10.1. The molecular weight excluding hydrogens is 372 g/mol. The van der Waals surface area contributed by atoms with E-state index in [1.807, 2.05) is 34.0 Å². The molecule has 2 aliphatic heterocycles. The molecule has 1 aromatic carbocycles. The van der Waals surface area contributed by atoms with Gasteiger partial charge in [-0.05, 0) is 37.1 Å². The molecule has 0 bridgehead atoms. The Balaban J connectivity index is 1.18. The number of piperidine rings is 1. The average molecular weight is 392 g/mol. The predicted octanol–water partition coefficient (Wildman–Crippen LogP) is 2.94. The number of anilines is 1. The van der Waals surface area contributed by atoms with Crippen molar-refractivity contribution in [1.82, 2.24) is 24.9 Å². The zero-order valence-corrected chi connectivity index (χ0v) is 15.7. The van der Waals surface area contributed by atoms with E-state index in [0.29, 0.717) is 30.3 Å². The average Bonchev–Trinajstić information content (AvgIpc) is 3.44. The summed E-state index contributed by atoms with van der Waals surface area (Å²) < 4.78 is 12.6. The van der Waals surface area contributed by atoms with Crippen LogP contribution in [0.5, 0.6) is 11.5 Å². The van der Waals surface area contributed by atoms with Crippen LogP contribution < -0.4 is 14.8 Å². The van der Waals surface area contributed by atoms with Crippen molar-refractivity contribution in [2.24, 2.45) is 0 Å². The number of likely N-dealkylation sites (tertiary alicyclic amines) is 1. The first-order chi connectivity index (χ1) is 14.3. The summed E-state index contributed by atoms with van der Waals surface area (Å²) in [6.45, 7) is 1.53. The summed E-state index contributed by atoms with van der Waals surface area (Å²) in [5.41, 5.74) is 2.44. The summed E-state index contributed by atoms with van der Waals surface area (Å²) >= 11 is 0. The number of benzene rings is 1. The highest BCUT2D eigenvalue weighted by Gasteiger charge is 2.25. The number of ether oxygens (including phenoxy) is 2. The van der Waals surface area contributed by atoms with Crippen LogP contribution in [0.15, 0.2) is 48.9 Å². The molecule has 1 saturated heterocycles. The molecule has 0 spiro atoms. The molecule has 29 heavy (non-hydrogen) atoms. The van der Waals surface area contributed by atoms with Crippen molar-refractivity contribution in [3.63, 3.8) is 0 Å². The molecule has 0 aliphatic carbocycles. The van der Waals surface area contributed by atoms with E-state index >= 15 is 0 Å². The standard InChI is InChI=1S/C20H20N6O3/c27-20(22-15-3-4-18-19(10-15)29-13-28-18)25-8-5-16(6-9-25)26-12-17(23-24-26)14-2-1-7-21-11-14/h1-4,7,10-12,16H,5-6,8-9,13H2,(H,22,27). The van der Waals surface area contributed by atoms with Crippen molar-refractivity contribution in [3.8, 4) is 22.8 Å². The highest BCUT2D eigenvalue weighted by molar-refractivity contribution is 5.89. The van der Waals surface area contributed by atoms with Crippen LogP contribution in [0.25, 0.3) is 11.3 Å². The second kappa shape index (κ2) is 7.42. The van der Waals surface area contributed by atoms with Gasteiger partial charge in [0.1, 0.15) is 5.69 Å². The van der Waals surface area contributed by atoms with Crippen LogP contribution in [-0.2, 0) is 0 Å². The molecule has 2 amide bonds. The third-order valence-electron chi connectivity index (χ3n) is 5.22. The Morgan fingerprint density at radius 1 is 1.14 bits per heavy atom. The molecule has 1 N–H and O–H groups in total. The lowest BCUT2D eigenvalue weighted by molar-refractivity contribution is 0.174. The fraction of sp³-hybridized carbons (Fsp3) is 0.300. The van der Waals surface area contributed by atoms with Crippen LogP contribution in [0, 0.1) is 0 Å². The van der Waals surface area contributed by atoms with E-state index < -0.39 is 0 Å². The molecule has 2 aliphatic rings. The van der Waals surface area contributed by atoms with Crippen LogP contribution in [-0.4, -0.2) is 50.8 Å². The van der Waals surface area contributed by atoms with Gasteiger partial charge in [0.05, 0.1) is 12.2 Å². The largest absolute Gasteiger partial charge is 0.454 e. The Bertz CT molecular complexity index is 1010. The maximum absolute atomic E-state index is 12.6.